The van der Waals surface area contributed by atoms with E-state index in [1.807, 2.05) is 6.07 Å². The van der Waals surface area contributed by atoms with Gasteiger partial charge in [0.25, 0.3) is 11.8 Å². The Kier molecular flexibility index (Phi) is 5.83. The van der Waals surface area contributed by atoms with Crippen molar-refractivity contribution < 1.29 is 18.0 Å². The molecule has 0 aromatic heterocycles. The molecular formula is C23H21N3O4S. The number of rotatable bonds is 7. The summed E-state index contributed by atoms with van der Waals surface area (Å²) in [4.78, 5) is 25.0. The molecule has 158 valence electrons. The Balaban J connectivity index is 1.46. The van der Waals surface area contributed by atoms with Crippen LogP contribution in [0.15, 0.2) is 83.8 Å². The zero-order valence-electron chi connectivity index (χ0n) is 16.5. The number of benzene rings is 3. The number of hydrogen-bond donors (Lipinski definition) is 3. The largest absolute Gasteiger partial charge is 0.322 e. The second-order valence-electron chi connectivity index (χ2n) is 7.28. The Morgan fingerprint density at radius 3 is 1.94 bits per heavy atom. The molecule has 1 fully saturated rings. The van der Waals surface area contributed by atoms with Crippen LogP contribution in [0.25, 0.3) is 0 Å². The summed E-state index contributed by atoms with van der Waals surface area (Å²) in [5.74, 6) is -0.708. The number of amides is 2. The second kappa shape index (κ2) is 8.71. The van der Waals surface area contributed by atoms with Crippen LogP contribution in [0.1, 0.15) is 33.6 Å². The van der Waals surface area contributed by atoms with Crippen molar-refractivity contribution in [1.29, 1.82) is 0 Å². The average Bonchev–Trinajstić information content (AvgIpc) is 3.58. The van der Waals surface area contributed by atoms with E-state index in [1.54, 1.807) is 54.6 Å². The lowest BCUT2D eigenvalue weighted by Crippen LogP contribution is -2.26. The van der Waals surface area contributed by atoms with E-state index in [2.05, 4.69) is 15.4 Å². The van der Waals surface area contributed by atoms with E-state index in [4.69, 9.17) is 0 Å². The van der Waals surface area contributed by atoms with E-state index >= 15 is 0 Å². The molecule has 31 heavy (non-hydrogen) atoms. The molecule has 0 unspecified atom stereocenters. The van der Waals surface area contributed by atoms with E-state index in [0.717, 1.165) is 12.8 Å². The highest BCUT2D eigenvalue weighted by Crippen LogP contribution is 2.23. The van der Waals surface area contributed by atoms with Crippen molar-refractivity contribution in [2.45, 2.75) is 23.8 Å². The molecule has 1 aliphatic carbocycles. The maximum Gasteiger partial charge on any atom is 0.255 e. The van der Waals surface area contributed by atoms with Crippen LogP contribution in [0.4, 0.5) is 11.4 Å². The lowest BCUT2D eigenvalue weighted by atomic mass is 10.2. The molecule has 3 aromatic carbocycles. The minimum atomic E-state index is -3.65. The van der Waals surface area contributed by atoms with Gasteiger partial charge in [-0.2, -0.15) is 0 Å². The number of nitrogens with one attached hydrogen (secondary N) is 3. The molecule has 1 aliphatic rings. The predicted octanol–water partition coefficient (Wildman–Crippen LogP) is 3.63. The monoisotopic (exact) mass is 435 g/mol. The Hall–Kier alpha value is -3.49. The van der Waals surface area contributed by atoms with Gasteiger partial charge in [-0.3, -0.25) is 9.59 Å². The first-order valence-electron chi connectivity index (χ1n) is 9.81. The molecule has 0 saturated heterocycles. The van der Waals surface area contributed by atoms with Crippen molar-refractivity contribution in [2.24, 2.45) is 0 Å². The fourth-order valence-corrected chi connectivity index (χ4v) is 4.31. The minimum Gasteiger partial charge on any atom is -0.322 e. The fraction of sp³-hybridized carbons (Fsp3) is 0.130. The number of carbonyl (C=O) groups is 2. The van der Waals surface area contributed by atoms with Crippen molar-refractivity contribution in [3.05, 3.63) is 90.0 Å². The van der Waals surface area contributed by atoms with E-state index in [-0.39, 0.29) is 22.4 Å². The quantitative estimate of drug-likeness (QED) is 0.527. The minimum absolute atomic E-state index is 0.0173. The first kappa shape index (κ1) is 20.8. The van der Waals surface area contributed by atoms with Crippen LogP contribution >= 0.6 is 0 Å². The normalized spacial score (nSPS) is 13.4. The van der Waals surface area contributed by atoms with Crippen molar-refractivity contribution in [3.63, 3.8) is 0 Å². The topological polar surface area (TPSA) is 104 Å². The number of hydrogen-bond acceptors (Lipinski definition) is 4. The van der Waals surface area contributed by atoms with E-state index in [0.29, 0.717) is 16.9 Å². The molecule has 4 rings (SSSR count). The molecule has 0 aliphatic heterocycles. The lowest BCUT2D eigenvalue weighted by Gasteiger charge is -2.10. The molecule has 0 radical (unpaired) electrons. The Labute approximate surface area is 180 Å². The van der Waals surface area contributed by atoms with Gasteiger partial charge in [0, 0.05) is 28.5 Å². The summed E-state index contributed by atoms with van der Waals surface area (Å²) in [6.07, 6.45) is 1.66. The molecule has 7 nitrogen and oxygen atoms in total. The van der Waals surface area contributed by atoms with Gasteiger partial charge in [0.05, 0.1) is 4.90 Å². The van der Waals surface area contributed by atoms with Crippen molar-refractivity contribution in [3.8, 4) is 0 Å². The molecule has 0 bridgehead atoms. The van der Waals surface area contributed by atoms with Gasteiger partial charge in [-0.05, 0) is 61.4 Å². The summed E-state index contributed by atoms with van der Waals surface area (Å²) in [6, 6.07) is 21.4. The van der Waals surface area contributed by atoms with Gasteiger partial charge in [0.1, 0.15) is 0 Å². The summed E-state index contributed by atoms with van der Waals surface area (Å²) in [6.45, 7) is 0. The highest BCUT2D eigenvalue weighted by molar-refractivity contribution is 7.89. The maximum absolute atomic E-state index is 12.7. The molecule has 3 N–H and O–H groups in total. The summed E-state index contributed by atoms with van der Waals surface area (Å²) in [7, 11) is -3.65. The number of sulfonamides is 1. The Morgan fingerprint density at radius 1 is 0.710 bits per heavy atom. The van der Waals surface area contributed by atoms with Crippen molar-refractivity contribution in [2.75, 3.05) is 10.6 Å². The number of carbonyl (C=O) groups excluding carboxylic acids is 2. The average molecular weight is 436 g/mol. The van der Waals surface area contributed by atoms with Gasteiger partial charge in [-0.15, -0.1) is 0 Å². The maximum atomic E-state index is 12.7. The molecule has 0 spiro atoms. The Bertz CT molecular complexity index is 1220. The zero-order valence-corrected chi connectivity index (χ0v) is 17.4. The van der Waals surface area contributed by atoms with Crippen molar-refractivity contribution in [1.82, 2.24) is 4.72 Å². The molecule has 0 heterocycles. The zero-order chi connectivity index (χ0) is 21.8. The van der Waals surface area contributed by atoms with Crippen LogP contribution in [0.3, 0.4) is 0 Å². The fourth-order valence-electron chi connectivity index (χ4n) is 2.96. The van der Waals surface area contributed by atoms with Crippen LogP contribution in [-0.2, 0) is 10.0 Å². The first-order chi connectivity index (χ1) is 14.9. The van der Waals surface area contributed by atoms with Crippen LogP contribution in [0.5, 0.6) is 0 Å². The first-order valence-corrected chi connectivity index (χ1v) is 11.3. The van der Waals surface area contributed by atoms with Crippen LogP contribution in [0, 0.1) is 0 Å². The van der Waals surface area contributed by atoms with E-state index < -0.39 is 15.9 Å². The standard InChI is InChI=1S/C23H21N3O4S/c27-22(16-6-2-1-3-7-16)24-19-9-5-10-20(15-19)25-23(28)17-8-4-11-21(14-17)31(29,30)26-18-12-13-18/h1-11,14-15,18,26H,12-13H2,(H,24,27)(H,25,28). The van der Waals surface area contributed by atoms with E-state index in [1.165, 1.54) is 18.2 Å². The van der Waals surface area contributed by atoms with Gasteiger partial charge in [-0.25, -0.2) is 13.1 Å². The third-order valence-electron chi connectivity index (χ3n) is 4.72. The SMILES string of the molecule is O=C(Nc1cccc(NC(=O)c2cccc(S(=O)(=O)NC3CC3)c2)c1)c1ccccc1. The molecule has 2 amide bonds. The molecule has 3 aromatic rings. The van der Waals surface area contributed by atoms with Gasteiger partial charge < -0.3 is 10.6 Å². The van der Waals surface area contributed by atoms with Gasteiger partial charge in [0.2, 0.25) is 10.0 Å². The third kappa shape index (κ3) is 5.36. The van der Waals surface area contributed by atoms with Crippen LogP contribution in [-0.4, -0.2) is 26.3 Å². The molecule has 0 atom stereocenters. The van der Waals surface area contributed by atoms with E-state index in [9.17, 15) is 18.0 Å². The van der Waals surface area contributed by atoms with Crippen LogP contribution < -0.4 is 15.4 Å². The highest BCUT2D eigenvalue weighted by Gasteiger charge is 2.28. The van der Waals surface area contributed by atoms with Gasteiger partial charge in [0.15, 0.2) is 0 Å². The second-order valence-corrected chi connectivity index (χ2v) is 8.99. The summed E-state index contributed by atoms with van der Waals surface area (Å²) < 4.78 is 27.4. The summed E-state index contributed by atoms with van der Waals surface area (Å²) in [5, 5.41) is 5.52. The molecule has 1 saturated carbocycles. The predicted molar refractivity (Wildman–Crippen MR) is 119 cm³/mol. The van der Waals surface area contributed by atoms with Gasteiger partial charge in [-0.1, -0.05) is 30.3 Å². The Morgan fingerprint density at radius 2 is 1.29 bits per heavy atom. The van der Waals surface area contributed by atoms with Crippen LogP contribution in [0.2, 0.25) is 0 Å². The molecular weight excluding hydrogens is 414 g/mol. The highest BCUT2D eigenvalue weighted by atomic mass is 32.2. The van der Waals surface area contributed by atoms with Gasteiger partial charge >= 0.3 is 0 Å². The third-order valence-corrected chi connectivity index (χ3v) is 6.24. The summed E-state index contributed by atoms with van der Waals surface area (Å²) >= 11 is 0. The van der Waals surface area contributed by atoms with Crippen molar-refractivity contribution >= 4 is 33.2 Å². The molecule has 8 heteroatoms. The smallest absolute Gasteiger partial charge is 0.255 e. The lowest BCUT2D eigenvalue weighted by molar-refractivity contribution is 0.101. The summed E-state index contributed by atoms with van der Waals surface area (Å²) in [5.41, 5.74) is 1.74. The number of anilines is 2.